The van der Waals surface area contributed by atoms with Crippen LogP contribution in [-0.2, 0) is 0 Å². The maximum absolute atomic E-state index is 5.85. The first-order chi connectivity index (χ1) is 6.55. The summed E-state index contributed by atoms with van der Waals surface area (Å²) in [5.41, 5.74) is 7.05. The minimum atomic E-state index is 0.595. The Labute approximate surface area is 88.4 Å². The van der Waals surface area contributed by atoms with Crippen LogP contribution in [0.25, 0.3) is 0 Å². The molecule has 0 aromatic heterocycles. The van der Waals surface area contributed by atoms with E-state index in [1.807, 2.05) is 0 Å². The highest BCUT2D eigenvalue weighted by Gasteiger charge is 2.43. The van der Waals surface area contributed by atoms with Crippen molar-refractivity contribution >= 4 is 0 Å². The normalized spacial score (nSPS) is 34.1. The Morgan fingerprint density at radius 3 is 2.43 bits per heavy atom. The van der Waals surface area contributed by atoms with E-state index in [2.05, 4.69) is 13.8 Å². The minimum Gasteiger partial charge on any atom is -0.330 e. The first kappa shape index (κ1) is 10.5. The summed E-state index contributed by atoms with van der Waals surface area (Å²) in [6.45, 7) is 5.80. The fourth-order valence-electron chi connectivity index (χ4n) is 3.31. The zero-order chi connectivity index (χ0) is 10.2. The molecular weight excluding hydrogens is 170 g/mol. The summed E-state index contributed by atoms with van der Waals surface area (Å²) in [5, 5.41) is 0. The number of hydrogen-bond donors (Lipinski definition) is 1. The van der Waals surface area contributed by atoms with Crippen LogP contribution < -0.4 is 5.73 Å². The monoisotopic (exact) mass is 195 g/mol. The first-order valence-electron chi connectivity index (χ1n) is 6.25. The Hall–Kier alpha value is -0.0400. The predicted octanol–water partition coefficient (Wildman–Crippen LogP) is 3.33. The lowest BCUT2D eigenvalue weighted by atomic mass is 9.69. The molecule has 1 atom stereocenters. The molecule has 1 heteroatoms. The molecule has 1 unspecified atom stereocenters. The van der Waals surface area contributed by atoms with E-state index in [4.69, 9.17) is 5.73 Å². The van der Waals surface area contributed by atoms with Crippen LogP contribution in [0, 0.1) is 16.7 Å². The van der Waals surface area contributed by atoms with Gasteiger partial charge in [-0.3, -0.25) is 0 Å². The van der Waals surface area contributed by atoms with E-state index in [0.29, 0.717) is 10.8 Å². The molecule has 1 nitrogen and oxygen atoms in total. The van der Waals surface area contributed by atoms with Crippen LogP contribution in [-0.4, -0.2) is 6.54 Å². The molecule has 2 fully saturated rings. The third-order valence-corrected chi connectivity index (χ3v) is 4.42. The molecule has 0 radical (unpaired) electrons. The Balaban J connectivity index is 1.86. The zero-order valence-electron chi connectivity index (χ0n) is 9.81. The Morgan fingerprint density at radius 2 is 1.93 bits per heavy atom. The highest BCUT2D eigenvalue weighted by atomic mass is 14.7. The van der Waals surface area contributed by atoms with Crippen LogP contribution in [0.1, 0.15) is 58.8 Å². The van der Waals surface area contributed by atoms with Gasteiger partial charge in [0, 0.05) is 0 Å². The summed E-state index contributed by atoms with van der Waals surface area (Å²) in [6, 6.07) is 0. The smallest absolute Gasteiger partial charge is 0.00204 e. The summed E-state index contributed by atoms with van der Waals surface area (Å²) < 4.78 is 0. The van der Waals surface area contributed by atoms with Gasteiger partial charge in [0.05, 0.1) is 0 Å². The second-order valence-electron chi connectivity index (χ2n) is 6.53. The largest absolute Gasteiger partial charge is 0.330 e. The van der Waals surface area contributed by atoms with Crippen molar-refractivity contribution < 1.29 is 0 Å². The topological polar surface area (TPSA) is 26.0 Å². The third-order valence-electron chi connectivity index (χ3n) is 4.42. The molecule has 82 valence electrons. The van der Waals surface area contributed by atoms with Gasteiger partial charge in [0.1, 0.15) is 0 Å². The molecule has 2 aliphatic rings. The highest BCUT2D eigenvalue weighted by molar-refractivity contribution is 4.96. The maximum Gasteiger partial charge on any atom is -0.00204 e. The van der Waals surface area contributed by atoms with Gasteiger partial charge in [0.15, 0.2) is 0 Å². The fourth-order valence-corrected chi connectivity index (χ4v) is 3.31. The second-order valence-corrected chi connectivity index (χ2v) is 6.53. The molecule has 0 aromatic carbocycles. The van der Waals surface area contributed by atoms with E-state index in [1.165, 1.54) is 44.9 Å². The van der Waals surface area contributed by atoms with Gasteiger partial charge < -0.3 is 5.73 Å². The van der Waals surface area contributed by atoms with Crippen LogP contribution in [0.15, 0.2) is 0 Å². The molecule has 0 saturated heterocycles. The highest BCUT2D eigenvalue weighted by Crippen LogP contribution is 2.53. The molecule has 2 aliphatic carbocycles. The summed E-state index contributed by atoms with van der Waals surface area (Å²) in [4.78, 5) is 0. The third kappa shape index (κ3) is 2.31. The van der Waals surface area contributed by atoms with Gasteiger partial charge >= 0.3 is 0 Å². The molecule has 2 rings (SSSR count). The second kappa shape index (κ2) is 3.52. The van der Waals surface area contributed by atoms with Gasteiger partial charge in [-0.1, -0.05) is 26.7 Å². The van der Waals surface area contributed by atoms with Gasteiger partial charge in [0.2, 0.25) is 0 Å². The summed E-state index contributed by atoms with van der Waals surface area (Å²) in [7, 11) is 0. The summed E-state index contributed by atoms with van der Waals surface area (Å²) >= 11 is 0. The Kier molecular flexibility index (Phi) is 2.63. The number of hydrogen-bond acceptors (Lipinski definition) is 1. The van der Waals surface area contributed by atoms with Crippen LogP contribution >= 0.6 is 0 Å². The van der Waals surface area contributed by atoms with E-state index in [0.717, 1.165) is 12.5 Å². The van der Waals surface area contributed by atoms with Crippen LogP contribution in [0.2, 0.25) is 0 Å². The molecule has 0 amide bonds. The Morgan fingerprint density at radius 1 is 1.21 bits per heavy atom. The summed E-state index contributed by atoms with van der Waals surface area (Å²) in [6.07, 6.45) is 10.0. The lowest BCUT2D eigenvalue weighted by Gasteiger charge is -2.36. The molecular formula is C13H25N. The van der Waals surface area contributed by atoms with E-state index in [-0.39, 0.29) is 0 Å². The average molecular weight is 195 g/mol. The van der Waals surface area contributed by atoms with Gasteiger partial charge in [-0.25, -0.2) is 0 Å². The van der Waals surface area contributed by atoms with E-state index in [9.17, 15) is 0 Å². The van der Waals surface area contributed by atoms with E-state index in [1.54, 1.807) is 0 Å². The van der Waals surface area contributed by atoms with Gasteiger partial charge in [-0.05, 0) is 55.4 Å². The van der Waals surface area contributed by atoms with Crippen molar-refractivity contribution in [2.24, 2.45) is 22.5 Å². The van der Waals surface area contributed by atoms with Crippen molar-refractivity contribution in [3.05, 3.63) is 0 Å². The van der Waals surface area contributed by atoms with Crippen molar-refractivity contribution in [3.63, 3.8) is 0 Å². The predicted molar refractivity (Wildman–Crippen MR) is 61.1 cm³/mol. The molecule has 2 N–H and O–H groups in total. The molecule has 0 aliphatic heterocycles. The van der Waals surface area contributed by atoms with Gasteiger partial charge in [-0.15, -0.1) is 0 Å². The first-order valence-corrected chi connectivity index (χ1v) is 6.25. The molecule has 0 aromatic rings. The SMILES string of the molecule is CC1(C)CCCC(CC2(CN)CC2)C1. The molecule has 14 heavy (non-hydrogen) atoms. The molecule has 0 bridgehead atoms. The average Bonchev–Trinajstić information content (AvgIpc) is 2.84. The van der Waals surface area contributed by atoms with Gasteiger partial charge in [0.25, 0.3) is 0 Å². The van der Waals surface area contributed by atoms with Crippen molar-refractivity contribution in [3.8, 4) is 0 Å². The van der Waals surface area contributed by atoms with E-state index < -0.39 is 0 Å². The van der Waals surface area contributed by atoms with Crippen molar-refractivity contribution in [1.82, 2.24) is 0 Å². The van der Waals surface area contributed by atoms with Crippen LogP contribution in [0.5, 0.6) is 0 Å². The van der Waals surface area contributed by atoms with Crippen molar-refractivity contribution in [2.45, 2.75) is 58.8 Å². The molecule has 0 spiro atoms. The lowest BCUT2D eigenvalue weighted by molar-refractivity contribution is 0.154. The minimum absolute atomic E-state index is 0.595. The fraction of sp³-hybridized carbons (Fsp3) is 1.00. The van der Waals surface area contributed by atoms with Gasteiger partial charge in [-0.2, -0.15) is 0 Å². The Bertz CT molecular complexity index is 203. The molecule has 0 heterocycles. The summed E-state index contributed by atoms with van der Waals surface area (Å²) in [5.74, 6) is 0.977. The zero-order valence-corrected chi connectivity index (χ0v) is 9.81. The number of nitrogens with two attached hydrogens (primary N) is 1. The van der Waals surface area contributed by atoms with Crippen LogP contribution in [0.3, 0.4) is 0 Å². The number of rotatable bonds is 3. The molecule has 2 saturated carbocycles. The standard InChI is InChI=1S/C13H25N/c1-12(2)5-3-4-11(8-12)9-13(10-14)6-7-13/h11H,3-10,14H2,1-2H3. The van der Waals surface area contributed by atoms with Crippen molar-refractivity contribution in [1.29, 1.82) is 0 Å². The lowest BCUT2D eigenvalue weighted by Crippen LogP contribution is -2.27. The van der Waals surface area contributed by atoms with Crippen LogP contribution in [0.4, 0.5) is 0 Å². The maximum atomic E-state index is 5.85. The van der Waals surface area contributed by atoms with E-state index >= 15 is 0 Å². The van der Waals surface area contributed by atoms with Crippen molar-refractivity contribution in [2.75, 3.05) is 6.54 Å². The quantitative estimate of drug-likeness (QED) is 0.734.